The average molecular weight is 327 g/mol. The van der Waals surface area contributed by atoms with Crippen LogP contribution in [0.1, 0.15) is 16.2 Å². The maximum atomic E-state index is 12.6. The fourth-order valence-corrected chi connectivity index (χ4v) is 2.11. The Labute approximate surface area is 137 Å². The van der Waals surface area contributed by atoms with E-state index in [2.05, 4.69) is 20.3 Å². The minimum Gasteiger partial charge on any atom is -0.462 e. The summed E-state index contributed by atoms with van der Waals surface area (Å²) in [6.07, 6.45) is 0. The largest absolute Gasteiger partial charge is 0.462 e. The van der Waals surface area contributed by atoms with Gasteiger partial charge in [-0.25, -0.2) is 9.18 Å². The van der Waals surface area contributed by atoms with Gasteiger partial charge in [-0.1, -0.05) is 24.3 Å². The highest BCUT2D eigenvalue weighted by Gasteiger charge is 2.18. The summed E-state index contributed by atoms with van der Waals surface area (Å²) in [6, 6.07) is 14.2. The van der Waals surface area contributed by atoms with E-state index in [-0.39, 0.29) is 11.8 Å². The molecule has 0 radical (unpaired) electrons. The van der Waals surface area contributed by atoms with E-state index in [4.69, 9.17) is 4.42 Å². The van der Waals surface area contributed by atoms with Crippen LogP contribution in [0.3, 0.4) is 0 Å². The van der Waals surface area contributed by atoms with Crippen molar-refractivity contribution in [1.82, 2.24) is 10.2 Å². The molecule has 0 saturated heterocycles. The molecule has 3 aromatic rings. The lowest BCUT2D eigenvalue weighted by molar-refractivity contribution is 0.0556. The monoisotopic (exact) mass is 327 g/mol. The topological polar surface area (TPSA) is 77.2 Å². The zero-order valence-corrected chi connectivity index (χ0v) is 12.8. The number of ether oxygens (including phenoxy) is 1. The molecule has 6 nitrogen and oxygen atoms in total. The first kappa shape index (κ1) is 15.7. The highest BCUT2D eigenvalue weighted by Crippen LogP contribution is 2.29. The Balaban J connectivity index is 1.90. The predicted octanol–water partition coefficient (Wildman–Crippen LogP) is 3.74. The van der Waals surface area contributed by atoms with Gasteiger partial charge in [0, 0.05) is 5.69 Å². The van der Waals surface area contributed by atoms with Crippen LogP contribution >= 0.6 is 0 Å². The lowest BCUT2D eigenvalue weighted by Crippen LogP contribution is -2.00. The number of halogens is 1. The summed E-state index contributed by atoms with van der Waals surface area (Å²) in [7, 11) is 1.24. The summed E-state index contributed by atoms with van der Waals surface area (Å²) in [4.78, 5) is 11.4. The number of esters is 1. The average Bonchev–Trinajstić information content (AvgIpc) is 3.12. The summed E-state index contributed by atoms with van der Waals surface area (Å²) in [5.41, 5.74) is 2.74. The standard InChI is InChI=1S/C17H14FN3O3/c1-23-17(22)16-21-20-15(24-16)13-4-2-3-5-14(13)19-12-8-6-11(10-18)7-9-12/h2-9,19H,10H2,1H3. The van der Waals surface area contributed by atoms with Crippen molar-refractivity contribution in [1.29, 1.82) is 0 Å². The molecule has 7 heteroatoms. The second kappa shape index (κ2) is 6.91. The molecule has 1 heterocycles. The number of aromatic nitrogens is 2. The fourth-order valence-electron chi connectivity index (χ4n) is 2.11. The van der Waals surface area contributed by atoms with Crippen LogP contribution in [0.2, 0.25) is 0 Å². The molecule has 0 bridgehead atoms. The van der Waals surface area contributed by atoms with E-state index in [0.29, 0.717) is 16.8 Å². The Kier molecular flexibility index (Phi) is 4.51. The highest BCUT2D eigenvalue weighted by molar-refractivity contribution is 5.84. The number of para-hydroxylation sites is 1. The van der Waals surface area contributed by atoms with Crippen molar-refractivity contribution in [3.05, 3.63) is 60.0 Å². The number of rotatable bonds is 5. The molecule has 0 unspecified atom stereocenters. The van der Waals surface area contributed by atoms with Gasteiger partial charge in [0.15, 0.2) is 0 Å². The first-order valence-electron chi connectivity index (χ1n) is 7.14. The quantitative estimate of drug-likeness (QED) is 0.719. The number of carbonyl (C=O) groups is 1. The van der Waals surface area contributed by atoms with Crippen LogP contribution < -0.4 is 5.32 Å². The van der Waals surface area contributed by atoms with Crippen molar-refractivity contribution >= 4 is 17.3 Å². The van der Waals surface area contributed by atoms with Crippen LogP contribution in [0, 0.1) is 0 Å². The highest BCUT2D eigenvalue weighted by atomic mass is 19.1. The van der Waals surface area contributed by atoms with Crippen LogP contribution in [0.25, 0.3) is 11.5 Å². The molecule has 0 aliphatic heterocycles. The van der Waals surface area contributed by atoms with Crippen molar-refractivity contribution in [2.45, 2.75) is 6.67 Å². The molecule has 0 saturated carbocycles. The molecule has 1 aromatic heterocycles. The summed E-state index contributed by atoms with van der Waals surface area (Å²) in [6.45, 7) is -0.505. The van der Waals surface area contributed by atoms with E-state index >= 15 is 0 Å². The summed E-state index contributed by atoms with van der Waals surface area (Å²) in [5, 5.41) is 10.8. The predicted molar refractivity (Wildman–Crippen MR) is 85.6 cm³/mol. The SMILES string of the molecule is COC(=O)c1nnc(-c2ccccc2Nc2ccc(CF)cc2)o1. The van der Waals surface area contributed by atoms with Crippen LogP contribution in [-0.4, -0.2) is 23.3 Å². The molecule has 2 aromatic carbocycles. The van der Waals surface area contributed by atoms with Crippen molar-refractivity contribution in [3.63, 3.8) is 0 Å². The second-order valence-electron chi connectivity index (χ2n) is 4.91. The minimum atomic E-state index is -0.694. The molecule has 0 spiro atoms. The Morgan fingerprint density at radius 2 is 1.92 bits per heavy atom. The molecule has 3 rings (SSSR count). The lowest BCUT2D eigenvalue weighted by Gasteiger charge is -2.10. The number of benzene rings is 2. The van der Waals surface area contributed by atoms with E-state index in [1.54, 1.807) is 30.3 Å². The van der Waals surface area contributed by atoms with Crippen molar-refractivity contribution in [3.8, 4) is 11.5 Å². The Morgan fingerprint density at radius 3 is 2.62 bits per heavy atom. The van der Waals surface area contributed by atoms with Gasteiger partial charge in [-0.3, -0.25) is 0 Å². The number of anilines is 2. The molecule has 0 atom stereocenters. The second-order valence-corrected chi connectivity index (χ2v) is 4.91. The Hall–Kier alpha value is -3.22. The molecule has 24 heavy (non-hydrogen) atoms. The van der Waals surface area contributed by atoms with E-state index in [9.17, 15) is 9.18 Å². The number of nitrogens with zero attached hydrogens (tertiary/aromatic N) is 2. The van der Waals surface area contributed by atoms with Gasteiger partial charge in [-0.15, -0.1) is 10.2 Å². The molecule has 0 aliphatic carbocycles. The van der Waals surface area contributed by atoms with Gasteiger partial charge in [0.25, 0.3) is 5.89 Å². The summed E-state index contributed by atoms with van der Waals surface area (Å²) < 4.78 is 22.5. The third kappa shape index (κ3) is 3.24. The maximum absolute atomic E-state index is 12.6. The van der Waals surface area contributed by atoms with Crippen molar-refractivity contribution in [2.75, 3.05) is 12.4 Å². The van der Waals surface area contributed by atoms with E-state index < -0.39 is 12.6 Å². The van der Waals surface area contributed by atoms with Gasteiger partial charge >= 0.3 is 11.9 Å². The van der Waals surface area contributed by atoms with Crippen LogP contribution in [0.4, 0.5) is 15.8 Å². The number of alkyl halides is 1. The van der Waals surface area contributed by atoms with Crippen LogP contribution in [-0.2, 0) is 11.4 Å². The van der Waals surface area contributed by atoms with Crippen LogP contribution in [0.15, 0.2) is 52.9 Å². The Morgan fingerprint density at radius 1 is 1.17 bits per heavy atom. The molecule has 0 fully saturated rings. The third-order valence-electron chi connectivity index (χ3n) is 3.33. The van der Waals surface area contributed by atoms with Gasteiger partial charge in [-0.2, -0.15) is 0 Å². The minimum absolute atomic E-state index is 0.193. The molecule has 1 N–H and O–H groups in total. The summed E-state index contributed by atoms with van der Waals surface area (Å²) >= 11 is 0. The zero-order chi connectivity index (χ0) is 16.9. The Bertz CT molecular complexity index is 846. The lowest BCUT2D eigenvalue weighted by atomic mass is 10.1. The van der Waals surface area contributed by atoms with Crippen molar-refractivity contribution in [2.24, 2.45) is 0 Å². The number of hydrogen-bond acceptors (Lipinski definition) is 6. The smallest absolute Gasteiger partial charge is 0.396 e. The first-order valence-corrected chi connectivity index (χ1v) is 7.14. The number of methoxy groups -OCH3 is 1. The maximum Gasteiger partial charge on any atom is 0.396 e. The van der Waals surface area contributed by atoms with E-state index in [1.807, 2.05) is 18.2 Å². The number of nitrogens with one attached hydrogen (secondary N) is 1. The van der Waals surface area contributed by atoms with Gasteiger partial charge in [0.1, 0.15) is 6.67 Å². The first-order chi connectivity index (χ1) is 11.7. The van der Waals surface area contributed by atoms with E-state index in [1.165, 1.54) is 7.11 Å². The van der Waals surface area contributed by atoms with Gasteiger partial charge in [-0.05, 0) is 29.8 Å². The zero-order valence-electron chi connectivity index (χ0n) is 12.8. The normalized spacial score (nSPS) is 10.4. The summed E-state index contributed by atoms with van der Waals surface area (Å²) in [5.74, 6) is -0.713. The van der Waals surface area contributed by atoms with Gasteiger partial charge in [0.05, 0.1) is 18.4 Å². The molecule has 0 amide bonds. The van der Waals surface area contributed by atoms with Gasteiger partial charge in [0.2, 0.25) is 0 Å². The third-order valence-corrected chi connectivity index (χ3v) is 3.33. The molecule has 0 aliphatic rings. The molecular weight excluding hydrogens is 313 g/mol. The number of carbonyl (C=O) groups excluding carboxylic acids is 1. The van der Waals surface area contributed by atoms with E-state index in [0.717, 1.165) is 5.69 Å². The molecular formula is C17H14FN3O3. The van der Waals surface area contributed by atoms with Crippen molar-refractivity contribution < 1.29 is 18.3 Å². The number of hydrogen-bond donors (Lipinski definition) is 1. The van der Waals surface area contributed by atoms with Gasteiger partial charge < -0.3 is 14.5 Å². The fraction of sp³-hybridized carbons (Fsp3) is 0.118. The van der Waals surface area contributed by atoms with Crippen LogP contribution in [0.5, 0.6) is 0 Å². The molecule has 122 valence electrons.